The van der Waals surface area contributed by atoms with Gasteiger partial charge in [0.05, 0.1) is 18.3 Å². The van der Waals surface area contributed by atoms with Crippen molar-refractivity contribution in [1.29, 1.82) is 0 Å². The molecule has 1 aromatic heterocycles. The van der Waals surface area contributed by atoms with E-state index in [1.54, 1.807) is 4.90 Å². The Balaban J connectivity index is 1.35. The Hall–Kier alpha value is -3.45. The maximum atomic E-state index is 14.6. The fourth-order valence-corrected chi connectivity index (χ4v) is 8.00. The number of nitrogens with one attached hydrogen (secondary N) is 4. The van der Waals surface area contributed by atoms with Crippen molar-refractivity contribution in [3.63, 3.8) is 0 Å². The Morgan fingerprint density at radius 1 is 0.980 bits per heavy atom. The van der Waals surface area contributed by atoms with Crippen LogP contribution in [0.15, 0.2) is 18.6 Å². The molecule has 2 heterocycles. The molecule has 1 aliphatic heterocycles. The van der Waals surface area contributed by atoms with Crippen molar-refractivity contribution < 1.29 is 29.1 Å². The van der Waals surface area contributed by atoms with E-state index in [0.29, 0.717) is 25.6 Å². The summed E-state index contributed by atoms with van der Waals surface area (Å²) in [6.45, 7) is 6.36. The smallest absolute Gasteiger partial charge is 0.272 e. The van der Waals surface area contributed by atoms with Crippen molar-refractivity contribution in [1.82, 2.24) is 36.1 Å². The highest BCUT2D eigenvalue weighted by Gasteiger charge is 2.52. The van der Waals surface area contributed by atoms with Gasteiger partial charge in [-0.25, -0.2) is 4.98 Å². The monoisotopic (exact) mass is 681 g/mol. The van der Waals surface area contributed by atoms with Crippen LogP contribution < -0.4 is 21.3 Å². The third kappa shape index (κ3) is 9.42. The molecular weight excluding hydrogens is 626 g/mol. The molecule has 1 saturated heterocycles. The first kappa shape index (κ1) is 36.8. The summed E-state index contributed by atoms with van der Waals surface area (Å²) in [5.74, 6) is -1.57. The standard InChI is InChI=1S/C36H55N7O6/c1-36(2,3)31(42-33(47)29(22-9-5-4-6-10-22)41-32(46)27-19-37-16-17-38-27)35(49)43-21-23-11-7-12-25(23)30(43)34(48)40-26(13-8-18-44)28(45)20-39-24-14-15-24/h16-19,22-26,28-31,39,45H,4-15,20-21H2,1-3H3,(H,40,48)(H,41,46)(H,42,47)/t23-,25-,26-,28+,29-,30-,31+/m0/s1. The minimum absolute atomic E-state index is 0.0324. The van der Waals surface area contributed by atoms with Crippen LogP contribution in [0.3, 0.4) is 0 Å². The van der Waals surface area contributed by atoms with Crippen LogP contribution >= 0.6 is 0 Å². The summed E-state index contributed by atoms with van der Waals surface area (Å²) in [5.41, 5.74) is -0.605. The Labute approximate surface area is 289 Å². The highest BCUT2D eigenvalue weighted by atomic mass is 16.3. The molecule has 5 N–H and O–H groups in total. The van der Waals surface area contributed by atoms with E-state index >= 15 is 0 Å². The van der Waals surface area contributed by atoms with Crippen molar-refractivity contribution >= 4 is 29.9 Å². The third-order valence-corrected chi connectivity index (χ3v) is 10.9. The van der Waals surface area contributed by atoms with Gasteiger partial charge in [-0.15, -0.1) is 0 Å². The number of hydrogen-bond acceptors (Lipinski definition) is 9. The van der Waals surface area contributed by atoms with E-state index in [4.69, 9.17) is 0 Å². The predicted octanol–water partition coefficient (Wildman–Crippen LogP) is 1.89. The van der Waals surface area contributed by atoms with Crippen molar-refractivity contribution in [2.75, 3.05) is 13.1 Å². The number of rotatable bonds is 15. The molecule has 0 aromatic carbocycles. The molecule has 0 unspecified atom stereocenters. The molecule has 270 valence electrons. The lowest BCUT2D eigenvalue weighted by molar-refractivity contribution is -0.145. The Bertz CT molecular complexity index is 1310. The van der Waals surface area contributed by atoms with Crippen LogP contribution in [0.4, 0.5) is 0 Å². The SMILES string of the molecule is CC(C)(C)[C@H](NC(=O)[C@@H](NC(=O)c1cnccn1)C1CCCCC1)C(=O)N1C[C@@H]2CCC[C@@H]2[C@H]1C(=O)N[C@@H](CCC=O)[C@H](O)CNC1CC1. The number of carbonyl (C=O) groups is 5. The quantitative estimate of drug-likeness (QED) is 0.173. The van der Waals surface area contributed by atoms with Crippen molar-refractivity contribution in [3.05, 3.63) is 24.3 Å². The maximum absolute atomic E-state index is 14.6. The Morgan fingerprint density at radius 3 is 2.39 bits per heavy atom. The second kappa shape index (κ2) is 16.5. The van der Waals surface area contributed by atoms with Crippen molar-refractivity contribution in [2.24, 2.45) is 23.2 Å². The number of aldehydes is 1. The molecule has 3 saturated carbocycles. The Morgan fingerprint density at radius 2 is 1.73 bits per heavy atom. The molecule has 4 fully saturated rings. The molecule has 4 amide bonds. The minimum Gasteiger partial charge on any atom is -0.390 e. The number of aliphatic hydroxyl groups excluding tert-OH is 1. The molecule has 4 aliphatic rings. The number of aliphatic hydroxyl groups is 1. The van der Waals surface area contributed by atoms with Gasteiger partial charge in [-0.2, -0.15) is 0 Å². The lowest BCUT2D eigenvalue weighted by atomic mass is 9.82. The van der Waals surface area contributed by atoms with E-state index < -0.39 is 47.5 Å². The van der Waals surface area contributed by atoms with Crippen molar-refractivity contribution in [2.45, 2.75) is 134 Å². The van der Waals surface area contributed by atoms with E-state index in [-0.39, 0.29) is 41.7 Å². The summed E-state index contributed by atoms with van der Waals surface area (Å²) in [7, 11) is 0. The highest BCUT2D eigenvalue weighted by Crippen LogP contribution is 2.43. The molecule has 49 heavy (non-hydrogen) atoms. The van der Waals surface area contributed by atoms with Crippen LogP contribution in [0.2, 0.25) is 0 Å². The molecule has 7 atom stereocenters. The third-order valence-electron chi connectivity index (χ3n) is 10.9. The molecule has 0 spiro atoms. The fraction of sp³-hybridized carbons (Fsp3) is 0.750. The molecular formula is C36H55N7O6. The first-order valence-electron chi connectivity index (χ1n) is 18.3. The molecule has 0 radical (unpaired) electrons. The maximum Gasteiger partial charge on any atom is 0.272 e. The van der Waals surface area contributed by atoms with E-state index in [9.17, 15) is 29.1 Å². The second-order valence-corrected chi connectivity index (χ2v) is 15.6. The number of amides is 4. The number of fused-ring (bicyclic) bond motifs is 1. The number of nitrogens with zero attached hydrogens (tertiary/aromatic N) is 3. The van der Waals surface area contributed by atoms with Gasteiger partial charge in [0.2, 0.25) is 17.7 Å². The molecule has 0 bridgehead atoms. The van der Waals surface area contributed by atoms with Gasteiger partial charge < -0.3 is 36.1 Å². The Kier molecular flexibility index (Phi) is 12.4. The summed E-state index contributed by atoms with van der Waals surface area (Å²) in [5, 5.41) is 23.3. The number of aromatic nitrogens is 2. The number of hydrogen-bond donors (Lipinski definition) is 5. The van der Waals surface area contributed by atoms with E-state index in [2.05, 4.69) is 31.2 Å². The van der Waals surface area contributed by atoms with Crippen LogP contribution in [0.25, 0.3) is 0 Å². The van der Waals surface area contributed by atoms with Gasteiger partial charge in [0, 0.05) is 37.9 Å². The summed E-state index contributed by atoms with van der Waals surface area (Å²) in [6.07, 6.45) is 14.0. The van der Waals surface area contributed by atoms with Gasteiger partial charge in [0.15, 0.2) is 0 Å². The number of carbonyl (C=O) groups excluding carboxylic acids is 5. The van der Waals surface area contributed by atoms with Crippen molar-refractivity contribution in [3.8, 4) is 0 Å². The second-order valence-electron chi connectivity index (χ2n) is 15.6. The van der Waals surface area contributed by atoms with Crippen LogP contribution in [0, 0.1) is 23.2 Å². The molecule has 5 rings (SSSR count). The minimum atomic E-state index is -0.965. The lowest BCUT2D eigenvalue weighted by Gasteiger charge is -2.38. The summed E-state index contributed by atoms with van der Waals surface area (Å²) >= 11 is 0. The average molecular weight is 682 g/mol. The zero-order valence-corrected chi connectivity index (χ0v) is 29.2. The first-order chi connectivity index (χ1) is 23.5. The van der Waals surface area contributed by atoms with Crippen LogP contribution in [-0.2, 0) is 19.2 Å². The van der Waals surface area contributed by atoms with Gasteiger partial charge in [-0.3, -0.25) is 24.2 Å². The van der Waals surface area contributed by atoms with Gasteiger partial charge >= 0.3 is 0 Å². The predicted molar refractivity (Wildman–Crippen MR) is 182 cm³/mol. The molecule has 3 aliphatic carbocycles. The number of likely N-dealkylation sites (tertiary alicyclic amines) is 1. The summed E-state index contributed by atoms with van der Waals surface area (Å²) < 4.78 is 0. The van der Waals surface area contributed by atoms with Gasteiger partial charge in [-0.05, 0) is 68.1 Å². The van der Waals surface area contributed by atoms with Gasteiger partial charge in [0.25, 0.3) is 5.91 Å². The van der Waals surface area contributed by atoms with Gasteiger partial charge in [-0.1, -0.05) is 46.5 Å². The lowest BCUT2D eigenvalue weighted by Crippen LogP contribution is -2.62. The summed E-state index contributed by atoms with van der Waals surface area (Å²) in [4.78, 5) is 77.0. The normalized spacial score (nSPS) is 25.1. The average Bonchev–Trinajstić information content (AvgIpc) is 3.69. The largest absolute Gasteiger partial charge is 0.390 e. The zero-order chi connectivity index (χ0) is 35.1. The molecule has 13 heteroatoms. The van der Waals surface area contributed by atoms with Gasteiger partial charge in [0.1, 0.15) is 30.1 Å². The first-order valence-corrected chi connectivity index (χ1v) is 18.3. The highest BCUT2D eigenvalue weighted by molar-refractivity contribution is 5.98. The van der Waals surface area contributed by atoms with Crippen LogP contribution in [-0.4, -0.2) is 99.3 Å². The van der Waals surface area contributed by atoms with E-state index in [1.807, 2.05) is 20.8 Å². The van der Waals surface area contributed by atoms with Crippen LogP contribution in [0.1, 0.15) is 108 Å². The van der Waals surface area contributed by atoms with Crippen LogP contribution in [0.5, 0.6) is 0 Å². The molecule has 13 nitrogen and oxygen atoms in total. The van der Waals surface area contributed by atoms with E-state index in [0.717, 1.165) is 70.5 Å². The summed E-state index contributed by atoms with van der Waals surface area (Å²) in [6, 6.07) is -2.85. The zero-order valence-electron chi connectivity index (χ0n) is 29.2. The van der Waals surface area contributed by atoms with E-state index in [1.165, 1.54) is 18.6 Å². The molecule has 1 aromatic rings. The fourth-order valence-electron chi connectivity index (χ4n) is 8.00. The topological polar surface area (TPSA) is 183 Å².